The van der Waals surface area contributed by atoms with Gasteiger partial charge in [0.1, 0.15) is 17.7 Å². The molecule has 10 nitrogen and oxygen atoms in total. The second kappa shape index (κ2) is 12.2. The van der Waals surface area contributed by atoms with Crippen LogP contribution in [0.5, 0.6) is 0 Å². The lowest BCUT2D eigenvalue weighted by molar-refractivity contribution is -0.152. The molecular weight excluding hydrogens is 585 g/mol. The summed E-state index contributed by atoms with van der Waals surface area (Å²) < 4.78 is 25.8. The van der Waals surface area contributed by atoms with Gasteiger partial charge in [0.2, 0.25) is 11.8 Å². The van der Waals surface area contributed by atoms with Crippen molar-refractivity contribution >= 4 is 46.5 Å². The Morgan fingerprint density at radius 1 is 1.17 bits per heavy atom. The highest BCUT2D eigenvalue weighted by molar-refractivity contribution is 7.10. The molecule has 5 N–H and O–H groups in total. The third kappa shape index (κ3) is 6.31. The SMILES string of the molecule is CC(NC(=O)[C@@H]1CC2(CN1C(=O)CNC(=O)c1ccc(-c3ccc(Cl)cc3F)cc1)OCCO2)c1cc(C(=N)N)cs1. The summed E-state index contributed by atoms with van der Waals surface area (Å²) >= 11 is 7.20. The van der Waals surface area contributed by atoms with E-state index in [2.05, 4.69) is 10.6 Å². The fourth-order valence-corrected chi connectivity index (χ4v) is 6.10. The van der Waals surface area contributed by atoms with Crippen LogP contribution in [0.3, 0.4) is 0 Å². The number of nitrogens with one attached hydrogen (secondary N) is 3. The van der Waals surface area contributed by atoms with E-state index in [9.17, 15) is 18.8 Å². The lowest BCUT2D eigenvalue weighted by Gasteiger charge is -2.25. The Balaban J connectivity index is 1.23. The second-order valence-corrected chi connectivity index (χ2v) is 11.5. The van der Waals surface area contributed by atoms with Crippen molar-refractivity contribution in [2.45, 2.75) is 31.2 Å². The van der Waals surface area contributed by atoms with Crippen LogP contribution in [0.2, 0.25) is 5.02 Å². The minimum Gasteiger partial charge on any atom is -0.384 e. The van der Waals surface area contributed by atoms with Gasteiger partial charge in [-0.2, -0.15) is 0 Å². The van der Waals surface area contributed by atoms with Gasteiger partial charge in [0.05, 0.1) is 32.3 Å². The molecule has 2 aromatic carbocycles. The van der Waals surface area contributed by atoms with E-state index >= 15 is 0 Å². The second-order valence-electron chi connectivity index (χ2n) is 10.1. The number of carbonyl (C=O) groups is 3. The van der Waals surface area contributed by atoms with E-state index in [1.54, 1.807) is 42.6 Å². The molecule has 2 atom stereocenters. The summed E-state index contributed by atoms with van der Waals surface area (Å²) in [6.07, 6.45) is 0.150. The normalized spacial score (nSPS) is 18.2. The maximum absolute atomic E-state index is 14.3. The largest absolute Gasteiger partial charge is 0.384 e. The molecule has 220 valence electrons. The number of benzene rings is 2. The third-order valence-electron chi connectivity index (χ3n) is 7.23. The lowest BCUT2D eigenvalue weighted by atomic mass is 10.0. The van der Waals surface area contributed by atoms with Gasteiger partial charge in [-0.25, -0.2) is 4.39 Å². The van der Waals surface area contributed by atoms with Crippen molar-refractivity contribution in [2.24, 2.45) is 5.73 Å². The van der Waals surface area contributed by atoms with E-state index in [1.807, 2.05) is 0 Å². The summed E-state index contributed by atoms with van der Waals surface area (Å²) in [5.41, 5.74) is 7.32. The number of nitrogen functional groups attached to an aromatic ring is 1. The van der Waals surface area contributed by atoms with Crippen LogP contribution in [0.1, 0.15) is 40.2 Å². The maximum Gasteiger partial charge on any atom is 0.251 e. The number of hydrogen-bond donors (Lipinski definition) is 4. The molecule has 1 aromatic heterocycles. The molecule has 0 saturated carbocycles. The highest BCUT2D eigenvalue weighted by atomic mass is 35.5. The average Bonchev–Trinajstić information content (AvgIpc) is 3.72. The van der Waals surface area contributed by atoms with E-state index in [4.69, 9.17) is 32.2 Å². The number of nitrogens with zero attached hydrogens (tertiary/aromatic N) is 1. The Kier molecular flexibility index (Phi) is 8.60. The number of nitrogens with two attached hydrogens (primary N) is 1. The van der Waals surface area contributed by atoms with Gasteiger partial charge in [0.25, 0.3) is 5.91 Å². The third-order valence-corrected chi connectivity index (χ3v) is 8.58. The molecule has 2 aliphatic rings. The monoisotopic (exact) mass is 613 g/mol. The Labute approximate surface area is 250 Å². The van der Waals surface area contributed by atoms with Crippen molar-refractivity contribution in [3.8, 4) is 11.1 Å². The van der Waals surface area contributed by atoms with E-state index < -0.39 is 35.5 Å². The van der Waals surface area contributed by atoms with Crippen LogP contribution in [-0.2, 0) is 19.1 Å². The zero-order valence-corrected chi connectivity index (χ0v) is 24.2. The van der Waals surface area contributed by atoms with Crippen molar-refractivity contribution in [1.29, 1.82) is 5.41 Å². The first kappa shape index (κ1) is 29.6. The topological polar surface area (TPSA) is 147 Å². The Hall–Kier alpha value is -3.84. The number of thiophene rings is 1. The van der Waals surface area contributed by atoms with E-state index in [0.717, 1.165) is 4.88 Å². The number of amides is 3. The van der Waals surface area contributed by atoms with Crippen LogP contribution >= 0.6 is 22.9 Å². The van der Waals surface area contributed by atoms with Gasteiger partial charge in [-0.3, -0.25) is 19.8 Å². The number of ether oxygens (including phenoxy) is 2. The molecule has 3 heterocycles. The first-order chi connectivity index (χ1) is 20.0. The zero-order chi connectivity index (χ0) is 30.0. The maximum atomic E-state index is 14.3. The first-order valence-corrected chi connectivity index (χ1v) is 14.5. The Bertz CT molecular complexity index is 1520. The molecule has 3 aromatic rings. The van der Waals surface area contributed by atoms with E-state index in [-0.39, 0.29) is 41.8 Å². The van der Waals surface area contributed by atoms with Gasteiger partial charge >= 0.3 is 0 Å². The lowest BCUT2D eigenvalue weighted by Crippen LogP contribution is -2.49. The Morgan fingerprint density at radius 3 is 2.52 bits per heavy atom. The summed E-state index contributed by atoms with van der Waals surface area (Å²) in [6.45, 7) is 2.20. The summed E-state index contributed by atoms with van der Waals surface area (Å²) in [5, 5.41) is 15.2. The molecule has 42 heavy (non-hydrogen) atoms. The van der Waals surface area contributed by atoms with Gasteiger partial charge in [0, 0.05) is 38.4 Å². The van der Waals surface area contributed by atoms with Gasteiger partial charge in [0.15, 0.2) is 5.79 Å². The van der Waals surface area contributed by atoms with Crippen LogP contribution in [0.15, 0.2) is 53.9 Å². The molecule has 1 spiro atoms. The van der Waals surface area contributed by atoms with Crippen LogP contribution in [0.25, 0.3) is 11.1 Å². The summed E-state index contributed by atoms with van der Waals surface area (Å²) in [4.78, 5) is 41.7. The number of amidine groups is 1. The fourth-order valence-electron chi connectivity index (χ4n) is 5.03. The molecule has 2 saturated heterocycles. The number of hydrogen-bond acceptors (Lipinski definition) is 7. The average molecular weight is 614 g/mol. The van der Waals surface area contributed by atoms with E-state index in [1.165, 1.54) is 34.4 Å². The highest BCUT2D eigenvalue weighted by Crippen LogP contribution is 2.35. The van der Waals surface area contributed by atoms with E-state index in [0.29, 0.717) is 29.9 Å². The van der Waals surface area contributed by atoms with Gasteiger partial charge in [-0.1, -0.05) is 23.7 Å². The molecule has 2 fully saturated rings. The molecular formula is C29H29ClFN5O5S. The molecule has 0 radical (unpaired) electrons. The van der Waals surface area contributed by atoms with Crippen molar-refractivity contribution in [2.75, 3.05) is 26.3 Å². The molecule has 5 rings (SSSR count). The van der Waals surface area contributed by atoms with Gasteiger partial charge in [-0.15, -0.1) is 11.3 Å². The van der Waals surface area contributed by atoms with Crippen LogP contribution in [0.4, 0.5) is 4.39 Å². The smallest absolute Gasteiger partial charge is 0.251 e. The van der Waals surface area contributed by atoms with Crippen molar-refractivity contribution in [3.63, 3.8) is 0 Å². The van der Waals surface area contributed by atoms with Crippen LogP contribution in [-0.4, -0.2) is 66.6 Å². The molecule has 13 heteroatoms. The minimum absolute atomic E-state index is 0.0447. The number of rotatable bonds is 8. The quantitative estimate of drug-likeness (QED) is 0.226. The zero-order valence-electron chi connectivity index (χ0n) is 22.6. The van der Waals surface area contributed by atoms with Gasteiger partial charge < -0.3 is 30.7 Å². The summed E-state index contributed by atoms with van der Waals surface area (Å²) in [7, 11) is 0. The molecule has 0 bridgehead atoms. The van der Waals surface area contributed by atoms with Crippen LogP contribution < -0.4 is 16.4 Å². The van der Waals surface area contributed by atoms with Gasteiger partial charge in [-0.05, 0) is 48.9 Å². The van der Waals surface area contributed by atoms with Crippen molar-refractivity contribution < 1.29 is 28.2 Å². The summed E-state index contributed by atoms with van der Waals surface area (Å²) in [5.74, 6) is -2.98. The predicted molar refractivity (Wildman–Crippen MR) is 156 cm³/mol. The molecule has 0 aliphatic carbocycles. The first-order valence-electron chi connectivity index (χ1n) is 13.2. The number of carbonyl (C=O) groups excluding carboxylic acids is 3. The highest BCUT2D eigenvalue weighted by Gasteiger charge is 2.52. The molecule has 3 amide bonds. The number of halogens is 2. The van der Waals surface area contributed by atoms with Crippen molar-refractivity contribution in [1.82, 2.24) is 15.5 Å². The summed E-state index contributed by atoms with van der Waals surface area (Å²) in [6, 6.07) is 11.1. The predicted octanol–water partition coefficient (Wildman–Crippen LogP) is 3.44. The standard InChI is InChI=1S/C29H29ClFN5O5S/c1-16(24-10-19(14-42-24)26(32)33)35-28(39)23-12-29(40-8-9-41-29)15-36(23)25(37)13-34-27(38)18-4-2-17(3-5-18)21-7-6-20(30)11-22(21)31/h2-7,10-11,14,16,23H,8-9,12-13,15H2,1H3,(H3,32,33)(H,34,38)(H,35,39)/t16?,23-/m0/s1. The number of likely N-dealkylation sites (tertiary alicyclic amines) is 1. The Morgan fingerprint density at radius 2 is 1.88 bits per heavy atom. The van der Waals surface area contributed by atoms with Crippen molar-refractivity contribution in [3.05, 3.63) is 80.8 Å². The minimum atomic E-state index is -1.08. The molecule has 2 aliphatic heterocycles. The van der Waals surface area contributed by atoms with Crippen LogP contribution in [0, 0.1) is 11.2 Å². The fraction of sp³-hybridized carbons (Fsp3) is 0.310. The molecule has 1 unspecified atom stereocenters.